The van der Waals surface area contributed by atoms with E-state index in [1.165, 1.54) is 0 Å². The minimum atomic E-state index is -3.04. The van der Waals surface area contributed by atoms with Crippen LogP contribution in [0.4, 0.5) is 13.6 Å². The maximum Gasteiger partial charge on any atom is 0.411 e. The Bertz CT molecular complexity index is 433. The van der Waals surface area contributed by atoms with Gasteiger partial charge in [0.05, 0.1) is 5.92 Å². The topological polar surface area (TPSA) is 66.8 Å². The monoisotopic (exact) mass is 291 g/mol. The molecule has 2 aliphatic heterocycles. The number of aliphatic carboxylic acids is 1. The third-order valence-electron chi connectivity index (χ3n) is 3.79. The van der Waals surface area contributed by atoms with Gasteiger partial charge in [0.15, 0.2) is 0 Å². The predicted octanol–water partition coefficient (Wildman–Crippen LogP) is 2.49. The number of carboxylic acid groups (broad SMARTS) is 1. The van der Waals surface area contributed by atoms with E-state index in [4.69, 9.17) is 4.74 Å². The van der Waals surface area contributed by atoms with Crippen LogP contribution in [-0.4, -0.2) is 45.7 Å². The van der Waals surface area contributed by atoms with E-state index in [0.29, 0.717) is 6.42 Å². The lowest BCUT2D eigenvalue weighted by molar-refractivity contribution is -0.192. The zero-order valence-corrected chi connectivity index (χ0v) is 11.7. The number of rotatable bonds is 1. The van der Waals surface area contributed by atoms with E-state index < -0.39 is 48.0 Å². The average Bonchev–Trinajstić information content (AvgIpc) is 2.24. The van der Waals surface area contributed by atoms with Crippen molar-refractivity contribution in [3.63, 3.8) is 0 Å². The van der Waals surface area contributed by atoms with Gasteiger partial charge in [0.25, 0.3) is 5.92 Å². The highest BCUT2D eigenvalue weighted by Gasteiger charge is 2.61. The van der Waals surface area contributed by atoms with Crippen LogP contribution >= 0.6 is 0 Å². The molecule has 7 heteroatoms. The number of hydrogen-bond acceptors (Lipinski definition) is 3. The largest absolute Gasteiger partial charge is 0.480 e. The molecule has 5 nitrogen and oxygen atoms in total. The van der Waals surface area contributed by atoms with E-state index in [1.807, 2.05) is 0 Å². The number of carbonyl (C=O) groups is 2. The first-order valence-corrected chi connectivity index (χ1v) is 6.65. The van der Waals surface area contributed by atoms with Crippen molar-refractivity contribution in [2.45, 2.75) is 63.6 Å². The standard InChI is InChI=1S/C13H19F2NO4/c1-12(2,3)20-11(19)16-7-4-5-8(9(16)10(17)18)13(14,15)6-7/h7-9H,4-6H2,1-3H3,(H,17,18)/t7-,8+,9+/m1/s1. The zero-order chi connectivity index (χ0) is 15.3. The summed E-state index contributed by atoms with van der Waals surface area (Å²) < 4.78 is 32.8. The number of carbonyl (C=O) groups excluding carboxylic acids is 1. The molecule has 1 saturated carbocycles. The maximum atomic E-state index is 13.8. The van der Waals surface area contributed by atoms with Crippen molar-refractivity contribution in [2.24, 2.45) is 5.92 Å². The Kier molecular flexibility index (Phi) is 3.42. The van der Waals surface area contributed by atoms with E-state index in [0.717, 1.165) is 4.90 Å². The summed E-state index contributed by atoms with van der Waals surface area (Å²) in [6.45, 7) is 4.95. The van der Waals surface area contributed by atoms with Crippen molar-refractivity contribution >= 4 is 12.1 Å². The number of carboxylic acids is 1. The number of halogens is 2. The van der Waals surface area contributed by atoms with E-state index in [9.17, 15) is 23.5 Å². The Morgan fingerprint density at radius 1 is 1.30 bits per heavy atom. The molecule has 0 spiro atoms. The molecule has 2 saturated heterocycles. The molecule has 0 aromatic carbocycles. The van der Waals surface area contributed by atoms with Crippen LogP contribution in [0.1, 0.15) is 40.0 Å². The minimum absolute atomic E-state index is 0.119. The Hall–Kier alpha value is -1.40. The third-order valence-corrected chi connectivity index (χ3v) is 3.79. The first-order chi connectivity index (χ1) is 9.03. The molecule has 3 atom stereocenters. The highest BCUT2D eigenvalue weighted by atomic mass is 19.3. The Morgan fingerprint density at radius 3 is 2.35 bits per heavy atom. The lowest BCUT2D eigenvalue weighted by Crippen LogP contribution is -2.67. The van der Waals surface area contributed by atoms with Crippen LogP contribution in [0.2, 0.25) is 0 Å². The van der Waals surface area contributed by atoms with Crippen molar-refractivity contribution < 1.29 is 28.2 Å². The van der Waals surface area contributed by atoms with Crippen molar-refractivity contribution in [3.05, 3.63) is 0 Å². The van der Waals surface area contributed by atoms with Gasteiger partial charge in [0.1, 0.15) is 11.6 Å². The molecule has 1 amide bonds. The average molecular weight is 291 g/mol. The van der Waals surface area contributed by atoms with Crippen LogP contribution in [0.25, 0.3) is 0 Å². The number of hydrogen-bond donors (Lipinski definition) is 1. The molecule has 1 N–H and O–H groups in total. The van der Waals surface area contributed by atoms with Crippen LogP contribution < -0.4 is 0 Å². The molecular formula is C13H19F2NO4. The van der Waals surface area contributed by atoms with Crippen LogP contribution in [-0.2, 0) is 9.53 Å². The zero-order valence-electron chi connectivity index (χ0n) is 11.7. The second kappa shape index (κ2) is 4.56. The van der Waals surface area contributed by atoms with E-state index in [-0.39, 0.29) is 6.42 Å². The molecule has 1 aliphatic carbocycles. The normalized spacial score (nSPS) is 32.0. The lowest BCUT2D eigenvalue weighted by atomic mass is 9.72. The quantitative estimate of drug-likeness (QED) is 0.806. The minimum Gasteiger partial charge on any atom is -0.480 e. The van der Waals surface area contributed by atoms with Gasteiger partial charge in [-0.05, 0) is 33.6 Å². The molecule has 2 bridgehead atoms. The van der Waals surface area contributed by atoms with E-state index in [2.05, 4.69) is 0 Å². The number of piperidine rings is 2. The summed E-state index contributed by atoms with van der Waals surface area (Å²) >= 11 is 0. The first kappa shape index (κ1) is 15.0. The molecule has 0 unspecified atom stereocenters. The number of alkyl halides is 2. The highest BCUT2D eigenvalue weighted by molar-refractivity contribution is 5.81. The third kappa shape index (κ3) is 2.58. The van der Waals surface area contributed by atoms with Gasteiger partial charge < -0.3 is 9.84 Å². The number of nitrogens with zero attached hydrogens (tertiary/aromatic N) is 1. The van der Waals surface area contributed by atoms with Gasteiger partial charge in [0.2, 0.25) is 0 Å². The summed E-state index contributed by atoms with van der Waals surface area (Å²) in [6, 6.07) is -2.28. The molecule has 3 rings (SSSR count). The molecule has 0 aromatic rings. The number of ether oxygens (including phenoxy) is 1. The smallest absolute Gasteiger partial charge is 0.411 e. The lowest BCUT2D eigenvalue weighted by Gasteiger charge is -2.52. The van der Waals surface area contributed by atoms with E-state index >= 15 is 0 Å². The number of amides is 1. The van der Waals surface area contributed by atoms with Gasteiger partial charge in [-0.25, -0.2) is 18.4 Å². The molecule has 114 valence electrons. The summed E-state index contributed by atoms with van der Waals surface area (Å²) in [5.74, 6) is -5.77. The van der Waals surface area contributed by atoms with Crippen molar-refractivity contribution in [2.75, 3.05) is 0 Å². The van der Waals surface area contributed by atoms with Gasteiger partial charge in [0, 0.05) is 12.5 Å². The van der Waals surface area contributed by atoms with Crippen LogP contribution in [0, 0.1) is 5.92 Å². The fourth-order valence-corrected chi connectivity index (χ4v) is 3.07. The summed E-state index contributed by atoms with van der Waals surface area (Å²) in [5.41, 5.74) is -0.792. The highest BCUT2D eigenvalue weighted by Crippen LogP contribution is 2.49. The summed E-state index contributed by atoms with van der Waals surface area (Å²) in [4.78, 5) is 24.5. The van der Waals surface area contributed by atoms with Gasteiger partial charge in [-0.15, -0.1) is 0 Å². The van der Waals surface area contributed by atoms with Crippen molar-refractivity contribution in [3.8, 4) is 0 Å². The van der Waals surface area contributed by atoms with Crippen LogP contribution in [0.15, 0.2) is 0 Å². The van der Waals surface area contributed by atoms with Crippen LogP contribution in [0.3, 0.4) is 0 Å². The van der Waals surface area contributed by atoms with Gasteiger partial charge >= 0.3 is 12.1 Å². The van der Waals surface area contributed by atoms with E-state index in [1.54, 1.807) is 20.8 Å². The molecule has 0 radical (unpaired) electrons. The molecule has 3 fully saturated rings. The molecule has 20 heavy (non-hydrogen) atoms. The first-order valence-electron chi connectivity index (χ1n) is 6.65. The molecule has 3 aliphatic rings. The van der Waals surface area contributed by atoms with Crippen molar-refractivity contribution in [1.82, 2.24) is 4.90 Å². The van der Waals surface area contributed by atoms with Crippen molar-refractivity contribution in [1.29, 1.82) is 0 Å². The van der Waals surface area contributed by atoms with Crippen LogP contribution in [0.5, 0.6) is 0 Å². The Morgan fingerprint density at radius 2 is 1.90 bits per heavy atom. The summed E-state index contributed by atoms with van der Waals surface area (Å²) in [5, 5.41) is 9.23. The second-order valence-corrected chi connectivity index (χ2v) is 6.47. The fourth-order valence-electron chi connectivity index (χ4n) is 3.07. The Balaban J connectivity index is 2.28. The van der Waals surface area contributed by atoms with Gasteiger partial charge in [-0.1, -0.05) is 0 Å². The molecule has 2 heterocycles. The van der Waals surface area contributed by atoms with Gasteiger partial charge in [-0.3, -0.25) is 4.90 Å². The fraction of sp³-hybridized carbons (Fsp3) is 0.846. The SMILES string of the molecule is CC(C)(C)OC(=O)N1[C@@H]2CC[C@@H]([C@H]1C(=O)O)C(F)(F)C2. The molecular weight excluding hydrogens is 272 g/mol. The second-order valence-electron chi connectivity index (χ2n) is 6.47. The number of fused-ring (bicyclic) bond motifs is 3. The summed E-state index contributed by atoms with van der Waals surface area (Å²) in [6.07, 6.45) is -0.798. The predicted molar refractivity (Wildman–Crippen MR) is 65.6 cm³/mol. The maximum absolute atomic E-state index is 13.8. The Labute approximate surface area is 115 Å². The summed E-state index contributed by atoms with van der Waals surface area (Å²) in [7, 11) is 0. The molecule has 0 aromatic heterocycles. The van der Waals surface area contributed by atoms with Gasteiger partial charge in [-0.2, -0.15) is 0 Å².